The first-order valence-corrected chi connectivity index (χ1v) is 4.89. The molecule has 0 saturated heterocycles. The first kappa shape index (κ1) is 9.45. The second-order valence-electron chi connectivity index (χ2n) is 4.13. The molecule has 0 aliphatic heterocycles. The van der Waals surface area contributed by atoms with Gasteiger partial charge in [-0.05, 0) is 12.8 Å². The van der Waals surface area contributed by atoms with Gasteiger partial charge in [0.25, 0.3) is 0 Å². The number of nitrogens with zero attached hydrogens (tertiary/aromatic N) is 3. The van der Waals surface area contributed by atoms with Crippen LogP contribution in [0.3, 0.4) is 0 Å². The van der Waals surface area contributed by atoms with Crippen LogP contribution in [0.15, 0.2) is 6.20 Å². The molecule has 1 aromatic heterocycles. The molecular weight excluding hydrogens is 180 g/mol. The van der Waals surface area contributed by atoms with E-state index >= 15 is 0 Å². The van der Waals surface area contributed by atoms with E-state index in [0.717, 1.165) is 13.2 Å². The van der Waals surface area contributed by atoms with Crippen LogP contribution in [0.1, 0.15) is 19.3 Å². The normalized spacial score (nSPS) is 19.2. The molecule has 1 fully saturated rings. The Balaban J connectivity index is 2.01. The Labute approximate surface area is 83.2 Å². The van der Waals surface area contributed by atoms with Crippen molar-refractivity contribution in [1.82, 2.24) is 15.0 Å². The Bertz CT molecular complexity index is 306. The van der Waals surface area contributed by atoms with Crippen molar-refractivity contribution in [3.63, 3.8) is 0 Å². The summed E-state index contributed by atoms with van der Waals surface area (Å²) in [6, 6.07) is 0. The third-order valence-corrected chi connectivity index (χ3v) is 2.92. The molecule has 1 aliphatic carbocycles. The number of nitrogen functional groups attached to an aromatic ring is 1. The van der Waals surface area contributed by atoms with Crippen molar-refractivity contribution in [3.8, 4) is 0 Å². The summed E-state index contributed by atoms with van der Waals surface area (Å²) in [7, 11) is 1.75. The van der Waals surface area contributed by atoms with Crippen LogP contribution in [-0.2, 0) is 11.3 Å². The van der Waals surface area contributed by atoms with E-state index in [0.29, 0.717) is 5.82 Å². The highest BCUT2D eigenvalue weighted by molar-refractivity contribution is 5.19. The summed E-state index contributed by atoms with van der Waals surface area (Å²) >= 11 is 0. The Kier molecular flexibility index (Phi) is 2.41. The van der Waals surface area contributed by atoms with Gasteiger partial charge < -0.3 is 10.5 Å². The van der Waals surface area contributed by atoms with Gasteiger partial charge in [0.2, 0.25) is 0 Å². The molecule has 1 heterocycles. The van der Waals surface area contributed by atoms with Gasteiger partial charge >= 0.3 is 0 Å². The lowest BCUT2D eigenvalue weighted by Crippen LogP contribution is -2.38. The molecule has 78 valence electrons. The largest absolute Gasteiger partial charge is 0.384 e. The number of methoxy groups -OCH3 is 1. The third-order valence-electron chi connectivity index (χ3n) is 2.92. The monoisotopic (exact) mass is 196 g/mol. The summed E-state index contributed by atoms with van der Waals surface area (Å²) in [4.78, 5) is 0. The van der Waals surface area contributed by atoms with E-state index in [1.807, 2.05) is 4.68 Å². The maximum atomic E-state index is 5.51. The standard InChI is InChI=1S/C9H16N4O/c1-14-7-9(3-2-4-9)6-13-5-8(10)11-12-13/h5H,2-4,6-7,10H2,1H3. The van der Waals surface area contributed by atoms with Crippen LogP contribution in [0.25, 0.3) is 0 Å². The number of nitrogens with two attached hydrogens (primary N) is 1. The smallest absolute Gasteiger partial charge is 0.165 e. The van der Waals surface area contributed by atoms with E-state index in [4.69, 9.17) is 10.5 Å². The van der Waals surface area contributed by atoms with Gasteiger partial charge in [-0.25, -0.2) is 4.68 Å². The van der Waals surface area contributed by atoms with E-state index < -0.39 is 0 Å². The number of anilines is 1. The highest BCUT2D eigenvalue weighted by Gasteiger charge is 2.37. The zero-order valence-electron chi connectivity index (χ0n) is 8.44. The highest BCUT2D eigenvalue weighted by atomic mass is 16.5. The van der Waals surface area contributed by atoms with Crippen LogP contribution < -0.4 is 5.73 Å². The van der Waals surface area contributed by atoms with Crippen molar-refractivity contribution in [2.45, 2.75) is 25.8 Å². The molecule has 0 radical (unpaired) electrons. The van der Waals surface area contributed by atoms with Gasteiger partial charge in [0.05, 0.1) is 19.3 Å². The topological polar surface area (TPSA) is 66.0 Å². The van der Waals surface area contributed by atoms with E-state index in [2.05, 4.69) is 10.3 Å². The minimum absolute atomic E-state index is 0.273. The molecule has 1 aliphatic rings. The van der Waals surface area contributed by atoms with Gasteiger partial charge in [0.15, 0.2) is 5.82 Å². The fourth-order valence-electron chi connectivity index (χ4n) is 2.07. The van der Waals surface area contributed by atoms with Gasteiger partial charge in [0.1, 0.15) is 0 Å². The first-order valence-electron chi connectivity index (χ1n) is 4.89. The van der Waals surface area contributed by atoms with Gasteiger partial charge in [-0.15, -0.1) is 5.10 Å². The summed E-state index contributed by atoms with van der Waals surface area (Å²) in [6.45, 7) is 1.66. The van der Waals surface area contributed by atoms with Gasteiger partial charge in [-0.2, -0.15) is 0 Å². The number of ether oxygens (including phenoxy) is 1. The van der Waals surface area contributed by atoms with Crippen molar-refractivity contribution >= 4 is 5.82 Å². The Morgan fingerprint density at radius 1 is 1.64 bits per heavy atom. The average molecular weight is 196 g/mol. The molecule has 0 atom stereocenters. The van der Waals surface area contributed by atoms with Crippen molar-refractivity contribution in [3.05, 3.63) is 6.20 Å². The van der Waals surface area contributed by atoms with Crippen molar-refractivity contribution in [1.29, 1.82) is 0 Å². The molecule has 5 nitrogen and oxygen atoms in total. The predicted octanol–water partition coefficient (Wildman–Crippen LogP) is 0.677. The van der Waals surface area contributed by atoms with Gasteiger partial charge in [-0.1, -0.05) is 11.6 Å². The zero-order chi connectivity index (χ0) is 10.0. The molecule has 0 amide bonds. The lowest BCUT2D eigenvalue weighted by Gasteiger charge is -2.40. The van der Waals surface area contributed by atoms with E-state index in [9.17, 15) is 0 Å². The summed E-state index contributed by atoms with van der Waals surface area (Å²) in [5.41, 5.74) is 5.78. The van der Waals surface area contributed by atoms with Gasteiger partial charge in [0, 0.05) is 12.5 Å². The van der Waals surface area contributed by atoms with Crippen LogP contribution in [0.4, 0.5) is 5.82 Å². The molecule has 1 aromatic rings. The zero-order valence-corrected chi connectivity index (χ0v) is 8.44. The predicted molar refractivity (Wildman–Crippen MR) is 52.6 cm³/mol. The van der Waals surface area contributed by atoms with Gasteiger partial charge in [-0.3, -0.25) is 0 Å². The molecular formula is C9H16N4O. The molecule has 0 unspecified atom stereocenters. The number of rotatable bonds is 4. The maximum absolute atomic E-state index is 5.51. The minimum Gasteiger partial charge on any atom is -0.384 e. The molecule has 14 heavy (non-hydrogen) atoms. The lowest BCUT2D eigenvalue weighted by molar-refractivity contribution is 0.000345. The second kappa shape index (κ2) is 3.57. The molecule has 2 N–H and O–H groups in total. The maximum Gasteiger partial charge on any atom is 0.165 e. The van der Waals surface area contributed by atoms with Crippen molar-refractivity contribution in [2.75, 3.05) is 19.5 Å². The average Bonchev–Trinajstić information content (AvgIpc) is 2.48. The van der Waals surface area contributed by atoms with Crippen LogP contribution in [-0.4, -0.2) is 28.7 Å². The molecule has 0 bridgehead atoms. The Morgan fingerprint density at radius 3 is 2.86 bits per heavy atom. The Hall–Kier alpha value is -1.10. The fourth-order valence-corrected chi connectivity index (χ4v) is 2.07. The number of hydrogen-bond donors (Lipinski definition) is 1. The fraction of sp³-hybridized carbons (Fsp3) is 0.778. The highest BCUT2D eigenvalue weighted by Crippen LogP contribution is 2.42. The minimum atomic E-state index is 0.273. The molecule has 0 aromatic carbocycles. The first-order chi connectivity index (χ1) is 6.74. The lowest BCUT2D eigenvalue weighted by atomic mass is 9.69. The van der Waals surface area contributed by atoms with E-state index in [1.54, 1.807) is 13.3 Å². The SMILES string of the molecule is COCC1(Cn2cc(N)nn2)CCC1. The van der Waals surface area contributed by atoms with Crippen LogP contribution in [0.5, 0.6) is 0 Å². The number of aromatic nitrogens is 3. The van der Waals surface area contributed by atoms with E-state index in [1.165, 1.54) is 19.3 Å². The summed E-state index contributed by atoms with van der Waals surface area (Å²) < 4.78 is 7.05. The molecule has 1 saturated carbocycles. The third kappa shape index (κ3) is 1.72. The number of hydrogen-bond acceptors (Lipinski definition) is 4. The second-order valence-corrected chi connectivity index (χ2v) is 4.13. The summed E-state index contributed by atoms with van der Waals surface area (Å²) in [5, 5.41) is 7.72. The molecule has 5 heteroatoms. The van der Waals surface area contributed by atoms with Crippen LogP contribution >= 0.6 is 0 Å². The summed E-state index contributed by atoms with van der Waals surface area (Å²) in [6.07, 6.45) is 5.48. The summed E-state index contributed by atoms with van der Waals surface area (Å²) in [5.74, 6) is 0.483. The van der Waals surface area contributed by atoms with Crippen LogP contribution in [0.2, 0.25) is 0 Å². The quantitative estimate of drug-likeness (QED) is 0.769. The van der Waals surface area contributed by atoms with Crippen LogP contribution in [0, 0.1) is 5.41 Å². The Morgan fingerprint density at radius 2 is 2.43 bits per heavy atom. The van der Waals surface area contributed by atoms with Crippen molar-refractivity contribution in [2.24, 2.45) is 5.41 Å². The van der Waals surface area contributed by atoms with E-state index in [-0.39, 0.29) is 5.41 Å². The van der Waals surface area contributed by atoms with Crippen molar-refractivity contribution < 1.29 is 4.74 Å². The molecule has 0 spiro atoms. The molecule has 2 rings (SSSR count).